The van der Waals surface area contributed by atoms with Crippen molar-refractivity contribution in [2.24, 2.45) is 0 Å². The van der Waals surface area contributed by atoms with Crippen molar-refractivity contribution in [1.29, 1.82) is 0 Å². The first-order chi connectivity index (χ1) is 9.74. The molecule has 1 aliphatic heterocycles. The minimum absolute atomic E-state index is 0.0236. The third kappa shape index (κ3) is 2.45. The van der Waals surface area contributed by atoms with Gasteiger partial charge in [0.05, 0.1) is 5.92 Å². The van der Waals surface area contributed by atoms with E-state index in [0.29, 0.717) is 13.1 Å². The van der Waals surface area contributed by atoms with Crippen LogP contribution in [-0.4, -0.2) is 17.6 Å². The summed E-state index contributed by atoms with van der Waals surface area (Å²) in [5, 5.41) is 15.4. The van der Waals surface area contributed by atoms with Crippen molar-refractivity contribution in [2.75, 3.05) is 11.9 Å². The van der Waals surface area contributed by atoms with E-state index in [0.717, 1.165) is 16.8 Å². The minimum atomic E-state index is -0.136. The van der Waals surface area contributed by atoms with Crippen LogP contribution in [0.5, 0.6) is 5.75 Å². The summed E-state index contributed by atoms with van der Waals surface area (Å²) in [6, 6.07) is 14.7. The number of carbonyl (C=O) groups excluding carboxylic acids is 1. The third-order valence-electron chi connectivity index (χ3n) is 3.55. The van der Waals surface area contributed by atoms with Crippen LogP contribution in [0.15, 0.2) is 48.5 Å². The molecule has 0 aromatic heterocycles. The standard InChI is InChI=1S/C16H16N2O2/c19-12-7-5-11(6-8-12)9-18-16(20)14-10-17-15-4-2-1-3-13(14)15/h1-8,14,17,19H,9-10H2,(H,18,20). The van der Waals surface area contributed by atoms with Gasteiger partial charge >= 0.3 is 0 Å². The molecule has 1 amide bonds. The molecule has 3 N–H and O–H groups in total. The maximum absolute atomic E-state index is 12.2. The monoisotopic (exact) mass is 268 g/mol. The Bertz CT molecular complexity index is 623. The van der Waals surface area contributed by atoms with Crippen molar-refractivity contribution in [3.05, 3.63) is 59.7 Å². The normalized spacial score (nSPS) is 16.3. The molecule has 102 valence electrons. The van der Waals surface area contributed by atoms with Gasteiger partial charge in [-0.3, -0.25) is 4.79 Å². The first kappa shape index (κ1) is 12.5. The fourth-order valence-corrected chi connectivity index (χ4v) is 2.44. The molecule has 1 atom stereocenters. The number of phenolic OH excluding ortho intramolecular Hbond substituents is 1. The zero-order chi connectivity index (χ0) is 13.9. The molecule has 2 aromatic carbocycles. The largest absolute Gasteiger partial charge is 0.508 e. The van der Waals surface area contributed by atoms with E-state index >= 15 is 0 Å². The van der Waals surface area contributed by atoms with E-state index in [9.17, 15) is 9.90 Å². The zero-order valence-electron chi connectivity index (χ0n) is 11.0. The number of hydrogen-bond donors (Lipinski definition) is 3. The molecule has 0 aliphatic carbocycles. The van der Waals surface area contributed by atoms with Crippen LogP contribution in [0.2, 0.25) is 0 Å². The molecule has 2 aromatic rings. The minimum Gasteiger partial charge on any atom is -0.508 e. The molecular weight excluding hydrogens is 252 g/mol. The second-order valence-electron chi connectivity index (χ2n) is 4.90. The Balaban J connectivity index is 1.65. The predicted molar refractivity (Wildman–Crippen MR) is 77.6 cm³/mol. The topological polar surface area (TPSA) is 61.4 Å². The zero-order valence-corrected chi connectivity index (χ0v) is 11.0. The Labute approximate surface area is 117 Å². The van der Waals surface area contributed by atoms with Gasteiger partial charge in [0, 0.05) is 18.8 Å². The van der Waals surface area contributed by atoms with Crippen molar-refractivity contribution < 1.29 is 9.90 Å². The molecule has 0 fully saturated rings. The van der Waals surface area contributed by atoms with E-state index in [-0.39, 0.29) is 17.6 Å². The maximum atomic E-state index is 12.2. The van der Waals surface area contributed by atoms with Crippen molar-refractivity contribution in [3.8, 4) is 5.75 Å². The fraction of sp³-hybridized carbons (Fsp3) is 0.188. The number of aromatic hydroxyl groups is 1. The highest BCUT2D eigenvalue weighted by atomic mass is 16.3. The van der Waals surface area contributed by atoms with Crippen LogP contribution < -0.4 is 10.6 Å². The molecule has 0 saturated carbocycles. The highest BCUT2D eigenvalue weighted by molar-refractivity contribution is 5.88. The quantitative estimate of drug-likeness (QED) is 0.800. The van der Waals surface area contributed by atoms with E-state index in [1.165, 1.54) is 0 Å². The molecule has 3 rings (SSSR count). The Morgan fingerprint density at radius 3 is 2.75 bits per heavy atom. The molecule has 0 spiro atoms. The van der Waals surface area contributed by atoms with Crippen molar-refractivity contribution in [2.45, 2.75) is 12.5 Å². The predicted octanol–water partition coefficient (Wildman–Crippen LogP) is 2.22. The number of rotatable bonds is 3. The summed E-state index contributed by atoms with van der Waals surface area (Å²) in [4.78, 5) is 12.2. The van der Waals surface area contributed by atoms with Crippen molar-refractivity contribution in [3.63, 3.8) is 0 Å². The van der Waals surface area contributed by atoms with Crippen LogP contribution in [0.4, 0.5) is 5.69 Å². The first-order valence-corrected chi connectivity index (χ1v) is 6.62. The smallest absolute Gasteiger partial charge is 0.229 e. The molecule has 1 heterocycles. The van der Waals surface area contributed by atoms with Gasteiger partial charge in [0.1, 0.15) is 5.75 Å². The summed E-state index contributed by atoms with van der Waals surface area (Å²) >= 11 is 0. The Morgan fingerprint density at radius 1 is 1.20 bits per heavy atom. The van der Waals surface area contributed by atoms with Gasteiger partial charge in [0.2, 0.25) is 5.91 Å². The van der Waals surface area contributed by atoms with Crippen LogP contribution in [0.3, 0.4) is 0 Å². The fourth-order valence-electron chi connectivity index (χ4n) is 2.44. The highest BCUT2D eigenvalue weighted by Gasteiger charge is 2.27. The lowest BCUT2D eigenvalue weighted by Crippen LogP contribution is -2.29. The lowest BCUT2D eigenvalue weighted by atomic mass is 10.0. The Hall–Kier alpha value is -2.49. The van der Waals surface area contributed by atoms with Crippen LogP contribution in [0.25, 0.3) is 0 Å². The summed E-state index contributed by atoms with van der Waals surface area (Å²) in [5.41, 5.74) is 3.06. The molecule has 0 bridgehead atoms. The number of hydrogen-bond acceptors (Lipinski definition) is 3. The van der Waals surface area contributed by atoms with Gasteiger partial charge in [-0.2, -0.15) is 0 Å². The molecule has 4 heteroatoms. The van der Waals surface area contributed by atoms with Crippen LogP contribution in [0, 0.1) is 0 Å². The molecule has 0 saturated heterocycles. The summed E-state index contributed by atoms with van der Waals surface area (Å²) in [5.74, 6) is 0.118. The van der Waals surface area contributed by atoms with Gasteiger partial charge in [-0.1, -0.05) is 30.3 Å². The van der Waals surface area contributed by atoms with E-state index in [2.05, 4.69) is 10.6 Å². The average Bonchev–Trinajstić information content (AvgIpc) is 2.90. The van der Waals surface area contributed by atoms with Crippen molar-refractivity contribution in [1.82, 2.24) is 5.32 Å². The number of benzene rings is 2. The van der Waals surface area contributed by atoms with Gasteiger partial charge in [-0.25, -0.2) is 0 Å². The Kier molecular flexibility index (Phi) is 3.29. The van der Waals surface area contributed by atoms with Crippen molar-refractivity contribution >= 4 is 11.6 Å². The molecule has 1 aliphatic rings. The third-order valence-corrected chi connectivity index (χ3v) is 3.55. The number of phenols is 1. The highest BCUT2D eigenvalue weighted by Crippen LogP contribution is 2.30. The lowest BCUT2D eigenvalue weighted by molar-refractivity contribution is -0.122. The number of nitrogens with one attached hydrogen (secondary N) is 2. The van der Waals surface area contributed by atoms with Gasteiger partial charge in [0.15, 0.2) is 0 Å². The van der Waals surface area contributed by atoms with Gasteiger partial charge in [0.25, 0.3) is 0 Å². The molecule has 1 unspecified atom stereocenters. The maximum Gasteiger partial charge on any atom is 0.229 e. The molecule has 4 nitrogen and oxygen atoms in total. The Morgan fingerprint density at radius 2 is 1.95 bits per heavy atom. The van der Waals surface area contributed by atoms with E-state index in [1.807, 2.05) is 24.3 Å². The summed E-state index contributed by atoms with van der Waals surface area (Å²) in [7, 11) is 0. The molecular formula is C16H16N2O2. The van der Waals surface area contributed by atoms with Gasteiger partial charge in [-0.05, 0) is 29.3 Å². The first-order valence-electron chi connectivity index (χ1n) is 6.62. The van der Waals surface area contributed by atoms with E-state index in [4.69, 9.17) is 0 Å². The van der Waals surface area contributed by atoms with E-state index < -0.39 is 0 Å². The van der Waals surface area contributed by atoms with Crippen LogP contribution >= 0.6 is 0 Å². The summed E-state index contributed by atoms with van der Waals surface area (Å²) in [6.07, 6.45) is 0. The average molecular weight is 268 g/mol. The van der Waals surface area contributed by atoms with Gasteiger partial charge < -0.3 is 15.7 Å². The van der Waals surface area contributed by atoms with Crippen LogP contribution in [-0.2, 0) is 11.3 Å². The second kappa shape index (κ2) is 5.25. The number of carbonyl (C=O) groups is 1. The molecule has 0 radical (unpaired) electrons. The molecule has 20 heavy (non-hydrogen) atoms. The SMILES string of the molecule is O=C(NCc1ccc(O)cc1)C1CNc2ccccc21. The number of fused-ring (bicyclic) bond motifs is 1. The number of anilines is 1. The lowest BCUT2D eigenvalue weighted by Gasteiger charge is -2.11. The van der Waals surface area contributed by atoms with E-state index in [1.54, 1.807) is 24.3 Å². The second-order valence-corrected chi connectivity index (χ2v) is 4.90. The summed E-state index contributed by atoms with van der Waals surface area (Å²) in [6.45, 7) is 1.11. The van der Waals surface area contributed by atoms with Crippen LogP contribution in [0.1, 0.15) is 17.0 Å². The number of amides is 1. The van der Waals surface area contributed by atoms with Gasteiger partial charge in [-0.15, -0.1) is 0 Å². The summed E-state index contributed by atoms with van der Waals surface area (Å²) < 4.78 is 0. The number of para-hydroxylation sites is 1.